The Kier molecular flexibility index (Phi) is 3.93. The molecule has 0 N–H and O–H groups in total. The lowest BCUT2D eigenvalue weighted by Gasteiger charge is -2.08. The van der Waals surface area contributed by atoms with Crippen LogP contribution in [0.4, 0.5) is 13.2 Å². The summed E-state index contributed by atoms with van der Waals surface area (Å²) < 4.78 is 39.0. The summed E-state index contributed by atoms with van der Waals surface area (Å²) in [5.41, 5.74) is -0.129. The smallest absolute Gasteiger partial charge is 0.298 e. The maximum Gasteiger partial charge on any atom is 0.416 e. The van der Waals surface area contributed by atoms with Crippen LogP contribution >= 0.6 is 11.6 Å². The van der Waals surface area contributed by atoms with Crippen molar-refractivity contribution in [2.24, 2.45) is 0 Å². The highest BCUT2D eigenvalue weighted by atomic mass is 35.5. The molecular formula is C17H9ClF3NO2. The van der Waals surface area contributed by atoms with Crippen molar-refractivity contribution in [3.63, 3.8) is 0 Å². The number of aromatic nitrogens is 1. The van der Waals surface area contributed by atoms with E-state index in [1.165, 1.54) is 10.8 Å². The van der Waals surface area contributed by atoms with E-state index < -0.39 is 17.6 Å². The Labute approximate surface area is 139 Å². The molecule has 0 bridgehead atoms. The van der Waals surface area contributed by atoms with Gasteiger partial charge in [0.05, 0.1) is 16.1 Å². The number of hydrogen-bond donors (Lipinski definition) is 0. The van der Waals surface area contributed by atoms with Crippen LogP contribution in [-0.4, -0.2) is 16.8 Å². The summed E-state index contributed by atoms with van der Waals surface area (Å²) >= 11 is 6.07. The van der Waals surface area contributed by atoms with Crippen molar-refractivity contribution in [2.75, 3.05) is 0 Å². The normalized spacial score (nSPS) is 11.7. The molecule has 0 aliphatic carbocycles. The highest BCUT2D eigenvalue weighted by Crippen LogP contribution is 2.30. The van der Waals surface area contributed by atoms with Gasteiger partial charge in [-0.25, -0.2) is 0 Å². The van der Waals surface area contributed by atoms with E-state index in [9.17, 15) is 22.8 Å². The maximum atomic E-state index is 12.6. The molecule has 3 rings (SSSR count). The van der Waals surface area contributed by atoms with Gasteiger partial charge < -0.3 is 0 Å². The van der Waals surface area contributed by atoms with E-state index >= 15 is 0 Å². The SMILES string of the molecule is O=Cc1cn(C(=O)c2ccc(C(F)(F)F)cc2)c2cccc(Cl)c12. The molecule has 0 saturated heterocycles. The second-order valence-electron chi connectivity index (χ2n) is 5.09. The van der Waals surface area contributed by atoms with Crippen LogP contribution in [0.3, 0.4) is 0 Å². The van der Waals surface area contributed by atoms with Crippen molar-refractivity contribution >= 4 is 34.7 Å². The van der Waals surface area contributed by atoms with Gasteiger partial charge in [-0.3, -0.25) is 14.2 Å². The van der Waals surface area contributed by atoms with Crippen molar-refractivity contribution in [3.8, 4) is 0 Å². The Hall–Kier alpha value is -2.60. The number of carbonyl (C=O) groups excluding carboxylic acids is 2. The molecule has 122 valence electrons. The zero-order valence-electron chi connectivity index (χ0n) is 12.0. The summed E-state index contributed by atoms with van der Waals surface area (Å²) in [7, 11) is 0. The van der Waals surface area contributed by atoms with Gasteiger partial charge in [-0.2, -0.15) is 13.2 Å². The fraction of sp³-hybridized carbons (Fsp3) is 0.0588. The summed E-state index contributed by atoms with van der Waals surface area (Å²) in [5.74, 6) is -0.552. The monoisotopic (exact) mass is 351 g/mol. The van der Waals surface area contributed by atoms with E-state index in [1.54, 1.807) is 18.2 Å². The van der Waals surface area contributed by atoms with Crippen molar-refractivity contribution < 1.29 is 22.8 Å². The Morgan fingerprint density at radius 1 is 1.08 bits per heavy atom. The molecule has 0 spiro atoms. The Balaban J connectivity index is 2.09. The molecule has 3 aromatic rings. The summed E-state index contributed by atoms with van der Waals surface area (Å²) in [6.07, 6.45) is -2.58. The number of fused-ring (bicyclic) bond motifs is 1. The number of benzene rings is 2. The molecule has 7 heteroatoms. The molecule has 0 atom stereocenters. The molecule has 0 saturated carbocycles. The van der Waals surface area contributed by atoms with Gasteiger partial charge in [0.25, 0.3) is 5.91 Å². The van der Waals surface area contributed by atoms with Gasteiger partial charge in [-0.1, -0.05) is 17.7 Å². The van der Waals surface area contributed by atoms with Crippen molar-refractivity contribution in [1.29, 1.82) is 0 Å². The minimum Gasteiger partial charge on any atom is -0.298 e. The first-order valence-electron chi connectivity index (χ1n) is 6.79. The number of aldehydes is 1. The molecule has 0 amide bonds. The van der Waals surface area contributed by atoms with Crippen LogP contribution in [0.15, 0.2) is 48.7 Å². The first kappa shape index (κ1) is 16.3. The summed E-state index contributed by atoms with van der Waals surface area (Å²) in [6.45, 7) is 0. The van der Waals surface area contributed by atoms with Crippen LogP contribution in [0.2, 0.25) is 5.02 Å². The molecule has 1 aromatic heterocycles. The molecule has 2 aromatic carbocycles. The molecule has 0 radical (unpaired) electrons. The van der Waals surface area contributed by atoms with Gasteiger partial charge in [-0.15, -0.1) is 0 Å². The predicted molar refractivity (Wildman–Crippen MR) is 83.5 cm³/mol. The van der Waals surface area contributed by atoms with Crippen molar-refractivity contribution in [2.45, 2.75) is 6.18 Å². The largest absolute Gasteiger partial charge is 0.416 e. The van der Waals surface area contributed by atoms with Gasteiger partial charge in [-0.05, 0) is 36.4 Å². The van der Waals surface area contributed by atoms with Crippen molar-refractivity contribution in [1.82, 2.24) is 4.57 Å². The average Bonchev–Trinajstić information content (AvgIpc) is 2.93. The molecule has 0 unspecified atom stereocenters. The number of hydrogen-bond acceptors (Lipinski definition) is 2. The summed E-state index contributed by atoms with van der Waals surface area (Å²) in [6, 6.07) is 8.69. The standard InChI is InChI=1S/C17H9ClF3NO2/c18-13-2-1-3-14-15(13)11(9-23)8-22(14)16(24)10-4-6-12(7-5-10)17(19,20)21/h1-9H. The lowest BCUT2D eigenvalue weighted by atomic mass is 10.1. The second kappa shape index (κ2) is 5.79. The molecular weight excluding hydrogens is 343 g/mol. The van der Waals surface area contributed by atoms with Crippen LogP contribution < -0.4 is 0 Å². The van der Waals surface area contributed by atoms with E-state index in [4.69, 9.17) is 11.6 Å². The van der Waals surface area contributed by atoms with E-state index in [2.05, 4.69) is 0 Å². The highest BCUT2D eigenvalue weighted by molar-refractivity contribution is 6.36. The first-order valence-corrected chi connectivity index (χ1v) is 7.17. The highest BCUT2D eigenvalue weighted by Gasteiger charge is 2.30. The Bertz CT molecular complexity index is 943. The Morgan fingerprint density at radius 3 is 2.33 bits per heavy atom. The topological polar surface area (TPSA) is 39.1 Å². The van der Waals surface area contributed by atoms with Gasteiger partial charge in [0.15, 0.2) is 6.29 Å². The first-order chi connectivity index (χ1) is 11.3. The summed E-state index contributed by atoms with van der Waals surface area (Å²) in [4.78, 5) is 23.8. The third kappa shape index (κ3) is 2.69. The zero-order chi connectivity index (χ0) is 17.5. The van der Waals surface area contributed by atoms with Crippen LogP contribution in [-0.2, 0) is 6.18 Å². The van der Waals surface area contributed by atoms with Crippen LogP contribution in [0.25, 0.3) is 10.9 Å². The fourth-order valence-electron chi connectivity index (χ4n) is 2.47. The number of rotatable bonds is 2. The van der Waals surface area contributed by atoms with E-state index in [0.29, 0.717) is 22.2 Å². The molecule has 0 fully saturated rings. The molecule has 24 heavy (non-hydrogen) atoms. The van der Waals surface area contributed by atoms with Gasteiger partial charge in [0, 0.05) is 22.7 Å². The third-order valence-corrected chi connectivity index (χ3v) is 3.93. The lowest BCUT2D eigenvalue weighted by molar-refractivity contribution is -0.137. The predicted octanol–water partition coefficient (Wildman–Crippen LogP) is 4.81. The van der Waals surface area contributed by atoms with E-state index in [-0.39, 0.29) is 11.1 Å². The Morgan fingerprint density at radius 2 is 1.75 bits per heavy atom. The zero-order valence-corrected chi connectivity index (χ0v) is 12.7. The maximum absolute atomic E-state index is 12.6. The molecule has 1 heterocycles. The average molecular weight is 352 g/mol. The summed E-state index contributed by atoms with van der Waals surface area (Å²) in [5, 5.41) is 0.739. The lowest BCUT2D eigenvalue weighted by Crippen LogP contribution is -2.12. The van der Waals surface area contributed by atoms with E-state index in [1.807, 2.05) is 0 Å². The number of carbonyl (C=O) groups is 2. The third-order valence-electron chi connectivity index (χ3n) is 3.61. The fourth-order valence-corrected chi connectivity index (χ4v) is 2.75. The van der Waals surface area contributed by atoms with Crippen LogP contribution in [0, 0.1) is 0 Å². The quantitative estimate of drug-likeness (QED) is 0.621. The molecule has 0 aliphatic rings. The van der Waals surface area contributed by atoms with E-state index in [0.717, 1.165) is 24.3 Å². The number of nitrogens with zero attached hydrogens (tertiary/aromatic N) is 1. The second-order valence-corrected chi connectivity index (χ2v) is 5.49. The number of alkyl halides is 3. The minimum atomic E-state index is -4.47. The van der Waals surface area contributed by atoms with Gasteiger partial charge >= 0.3 is 6.18 Å². The molecule has 0 aliphatic heterocycles. The van der Waals surface area contributed by atoms with Crippen LogP contribution in [0.5, 0.6) is 0 Å². The van der Waals surface area contributed by atoms with Crippen LogP contribution in [0.1, 0.15) is 26.3 Å². The van der Waals surface area contributed by atoms with Gasteiger partial charge in [0.2, 0.25) is 0 Å². The van der Waals surface area contributed by atoms with Gasteiger partial charge in [0.1, 0.15) is 0 Å². The van der Waals surface area contributed by atoms with Crippen molar-refractivity contribution in [3.05, 3.63) is 70.4 Å². The molecule has 3 nitrogen and oxygen atoms in total. The minimum absolute atomic E-state index is 0.0670. The number of halogens is 4.